The van der Waals surface area contributed by atoms with E-state index < -0.39 is 0 Å². The average Bonchev–Trinajstić information content (AvgIpc) is 2.83. The Morgan fingerprint density at radius 3 is 2.48 bits per heavy atom. The van der Waals surface area contributed by atoms with Gasteiger partial charge in [-0.2, -0.15) is 0 Å². The Morgan fingerprint density at radius 2 is 1.96 bits per heavy atom. The van der Waals surface area contributed by atoms with Gasteiger partial charge >= 0.3 is 0 Å². The van der Waals surface area contributed by atoms with E-state index in [1.165, 1.54) is 0 Å². The third-order valence-electron chi connectivity index (χ3n) is 3.04. The lowest BCUT2D eigenvalue weighted by Crippen LogP contribution is -2.41. The molecule has 2 N–H and O–H groups in total. The molecule has 0 amide bonds. The fraction of sp³-hybridized carbons (Fsp3) is 0.800. The molecule has 0 aliphatic rings. The standard InChI is InChI=1S/C15H30N6S.HI/c1-11(2)10-21-13(19-20-15(21)22-6)8-7-9-17-14(16-5)18-12(3)4;/h11-12H,7-10H2,1-6H3,(H2,16,17,18);1H. The molecule has 0 aromatic carbocycles. The number of nitrogens with zero attached hydrogens (tertiary/aromatic N) is 4. The number of hydrogen-bond donors (Lipinski definition) is 2. The molecule has 23 heavy (non-hydrogen) atoms. The smallest absolute Gasteiger partial charge is 0.191 e. The van der Waals surface area contributed by atoms with E-state index in [1.807, 2.05) is 6.26 Å². The number of hydrogen-bond acceptors (Lipinski definition) is 4. The number of aliphatic imine (C=N–C) groups is 1. The van der Waals surface area contributed by atoms with Gasteiger partial charge in [0, 0.05) is 32.6 Å². The van der Waals surface area contributed by atoms with Gasteiger partial charge in [-0.3, -0.25) is 4.99 Å². The number of thioether (sulfide) groups is 1. The summed E-state index contributed by atoms with van der Waals surface area (Å²) in [6, 6.07) is 0.379. The average molecular weight is 454 g/mol. The second-order valence-electron chi connectivity index (χ2n) is 6.01. The molecule has 1 aromatic rings. The zero-order valence-corrected chi connectivity index (χ0v) is 18.2. The lowest BCUT2D eigenvalue weighted by Gasteiger charge is -2.14. The summed E-state index contributed by atoms with van der Waals surface area (Å²) >= 11 is 1.66. The van der Waals surface area contributed by atoms with E-state index in [0.717, 1.165) is 42.9 Å². The van der Waals surface area contributed by atoms with Crippen LogP contribution in [0, 0.1) is 5.92 Å². The van der Waals surface area contributed by atoms with Gasteiger partial charge in [-0.1, -0.05) is 25.6 Å². The Kier molecular flexibility index (Phi) is 11.7. The highest BCUT2D eigenvalue weighted by Gasteiger charge is 2.12. The van der Waals surface area contributed by atoms with E-state index in [0.29, 0.717) is 12.0 Å². The van der Waals surface area contributed by atoms with E-state index >= 15 is 0 Å². The minimum absolute atomic E-state index is 0. The van der Waals surface area contributed by atoms with Gasteiger partial charge in [-0.15, -0.1) is 34.2 Å². The first-order chi connectivity index (χ1) is 10.5. The maximum Gasteiger partial charge on any atom is 0.191 e. The third-order valence-corrected chi connectivity index (χ3v) is 3.71. The molecule has 6 nitrogen and oxygen atoms in total. The fourth-order valence-corrected chi connectivity index (χ4v) is 2.65. The summed E-state index contributed by atoms with van der Waals surface area (Å²) in [5, 5.41) is 16.2. The Hall–Kier alpha value is -0.510. The van der Waals surface area contributed by atoms with Crippen molar-refractivity contribution in [1.29, 1.82) is 0 Å². The topological polar surface area (TPSA) is 67.1 Å². The summed E-state index contributed by atoms with van der Waals surface area (Å²) in [7, 11) is 1.79. The maximum absolute atomic E-state index is 4.34. The lowest BCUT2D eigenvalue weighted by molar-refractivity contribution is 0.477. The van der Waals surface area contributed by atoms with Gasteiger partial charge in [-0.05, 0) is 32.4 Å². The van der Waals surface area contributed by atoms with Gasteiger partial charge in [-0.25, -0.2) is 0 Å². The third kappa shape index (κ3) is 8.23. The summed E-state index contributed by atoms with van der Waals surface area (Å²) in [5.74, 6) is 2.52. The predicted octanol–water partition coefficient (Wildman–Crippen LogP) is 2.78. The van der Waals surface area contributed by atoms with Crippen LogP contribution in [0.4, 0.5) is 0 Å². The number of rotatable bonds is 8. The Labute approximate surface area is 161 Å². The molecular formula is C15H31IN6S. The van der Waals surface area contributed by atoms with Crippen molar-refractivity contribution in [1.82, 2.24) is 25.4 Å². The summed E-state index contributed by atoms with van der Waals surface area (Å²) in [4.78, 5) is 4.20. The van der Waals surface area contributed by atoms with Gasteiger partial charge < -0.3 is 15.2 Å². The predicted molar refractivity (Wildman–Crippen MR) is 110 cm³/mol. The van der Waals surface area contributed by atoms with E-state index in [9.17, 15) is 0 Å². The number of nitrogens with one attached hydrogen (secondary N) is 2. The van der Waals surface area contributed by atoms with Crippen LogP contribution in [0.25, 0.3) is 0 Å². The highest BCUT2D eigenvalue weighted by atomic mass is 127. The van der Waals surface area contributed by atoms with Gasteiger partial charge in [0.15, 0.2) is 11.1 Å². The molecule has 0 aliphatic carbocycles. The molecule has 0 saturated heterocycles. The van der Waals surface area contributed by atoms with Crippen molar-refractivity contribution in [2.45, 2.75) is 58.3 Å². The van der Waals surface area contributed by atoms with Gasteiger partial charge in [0.1, 0.15) is 5.82 Å². The highest BCUT2D eigenvalue weighted by Crippen LogP contribution is 2.16. The van der Waals surface area contributed by atoms with Crippen molar-refractivity contribution in [2.75, 3.05) is 19.8 Å². The Balaban J connectivity index is 0.00000484. The van der Waals surface area contributed by atoms with Crippen molar-refractivity contribution in [3.05, 3.63) is 5.82 Å². The van der Waals surface area contributed by atoms with Gasteiger partial charge in [0.25, 0.3) is 0 Å². The van der Waals surface area contributed by atoms with Crippen molar-refractivity contribution in [2.24, 2.45) is 10.9 Å². The monoisotopic (exact) mass is 454 g/mol. The normalized spacial score (nSPS) is 11.7. The van der Waals surface area contributed by atoms with Crippen LogP contribution >= 0.6 is 35.7 Å². The summed E-state index contributed by atoms with van der Waals surface area (Å²) in [6.45, 7) is 10.5. The largest absolute Gasteiger partial charge is 0.356 e. The molecule has 0 saturated carbocycles. The van der Waals surface area contributed by atoms with E-state index in [1.54, 1.807) is 18.8 Å². The van der Waals surface area contributed by atoms with Crippen LogP contribution in [0.3, 0.4) is 0 Å². The number of aromatic nitrogens is 3. The molecule has 1 aromatic heterocycles. The van der Waals surface area contributed by atoms with Crippen molar-refractivity contribution in [3.8, 4) is 0 Å². The minimum Gasteiger partial charge on any atom is -0.356 e. The van der Waals surface area contributed by atoms with E-state index in [-0.39, 0.29) is 24.0 Å². The van der Waals surface area contributed by atoms with Crippen LogP contribution in [0.1, 0.15) is 39.9 Å². The van der Waals surface area contributed by atoms with Gasteiger partial charge in [0.2, 0.25) is 0 Å². The van der Waals surface area contributed by atoms with Crippen LogP contribution in [0.2, 0.25) is 0 Å². The molecule has 8 heteroatoms. The molecule has 0 atom stereocenters. The van der Waals surface area contributed by atoms with Crippen LogP contribution in [-0.4, -0.2) is 46.6 Å². The molecule has 0 bridgehead atoms. The van der Waals surface area contributed by atoms with Crippen molar-refractivity contribution in [3.63, 3.8) is 0 Å². The SMILES string of the molecule is CN=C(NCCCc1nnc(SC)n1CC(C)C)NC(C)C.I. The fourth-order valence-electron chi connectivity index (χ4n) is 2.12. The first-order valence-electron chi connectivity index (χ1n) is 7.91. The highest BCUT2D eigenvalue weighted by molar-refractivity contribution is 14.0. The van der Waals surface area contributed by atoms with Gasteiger partial charge in [0.05, 0.1) is 0 Å². The lowest BCUT2D eigenvalue weighted by atomic mass is 10.2. The van der Waals surface area contributed by atoms with Crippen LogP contribution in [-0.2, 0) is 13.0 Å². The maximum atomic E-state index is 4.34. The number of aryl methyl sites for hydroxylation is 1. The van der Waals surface area contributed by atoms with Crippen LogP contribution in [0.15, 0.2) is 10.1 Å². The molecule has 0 aliphatic heterocycles. The molecule has 0 unspecified atom stereocenters. The minimum atomic E-state index is 0. The van der Waals surface area contributed by atoms with Crippen molar-refractivity contribution >= 4 is 41.7 Å². The Bertz CT molecular complexity index is 473. The van der Waals surface area contributed by atoms with E-state index in [2.05, 4.69) is 58.1 Å². The molecule has 1 rings (SSSR count). The Morgan fingerprint density at radius 1 is 1.26 bits per heavy atom. The number of halogens is 1. The molecule has 0 radical (unpaired) electrons. The summed E-state index contributed by atoms with van der Waals surface area (Å²) in [6.07, 6.45) is 3.98. The van der Waals surface area contributed by atoms with Crippen LogP contribution in [0.5, 0.6) is 0 Å². The molecule has 134 valence electrons. The molecule has 0 spiro atoms. The molecule has 1 heterocycles. The zero-order chi connectivity index (χ0) is 16.5. The second-order valence-corrected chi connectivity index (χ2v) is 6.78. The molecular weight excluding hydrogens is 423 g/mol. The first-order valence-corrected chi connectivity index (χ1v) is 9.13. The van der Waals surface area contributed by atoms with Crippen LogP contribution < -0.4 is 10.6 Å². The van der Waals surface area contributed by atoms with E-state index in [4.69, 9.17) is 0 Å². The molecule has 0 fully saturated rings. The summed E-state index contributed by atoms with van der Waals surface area (Å²) in [5.41, 5.74) is 0. The quantitative estimate of drug-likeness (QED) is 0.208. The van der Waals surface area contributed by atoms with Crippen molar-refractivity contribution < 1.29 is 0 Å². The number of guanidine groups is 1. The first kappa shape index (κ1) is 22.5. The second kappa shape index (κ2) is 11.9. The zero-order valence-electron chi connectivity index (χ0n) is 15.1. The summed E-state index contributed by atoms with van der Waals surface area (Å²) < 4.78 is 2.25.